The zero-order valence-corrected chi connectivity index (χ0v) is 14.1. The number of halogens is 1. The Hall–Kier alpha value is -1.98. The number of hydrogen-bond donors (Lipinski definition) is 3. The van der Waals surface area contributed by atoms with Crippen molar-refractivity contribution < 1.29 is 24.5 Å². The van der Waals surface area contributed by atoms with E-state index in [2.05, 4.69) is 0 Å². The smallest absolute Gasteiger partial charge is 0.190 e. The van der Waals surface area contributed by atoms with Crippen molar-refractivity contribution in [3.63, 3.8) is 0 Å². The van der Waals surface area contributed by atoms with Crippen LogP contribution in [0.1, 0.15) is 43.2 Å². The molecular weight excluding hydrogens is 323 g/mol. The van der Waals surface area contributed by atoms with Crippen molar-refractivity contribution >= 4 is 16.6 Å². The van der Waals surface area contributed by atoms with Gasteiger partial charge in [0, 0.05) is 10.8 Å². The highest BCUT2D eigenvalue weighted by Crippen LogP contribution is 2.61. The van der Waals surface area contributed by atoms with Crippen LogP contribution < -0.4 is 0 Å². The van der Waals surface area contributed by atoms with Crippen molar-refractivity contribution in [2.24, 2.45) is 5.41 Å². The lowest BCUT2D eigenvalue weighted by Gasteiger charge is -2.45. The zero-order valence-electron chi connectivity index (χ0n) is 14.1. The molecule has 1 saturated carbocycles. The third-order valence-electron chi connectivity index (χ3n) is 6.60. The Labute approximate surface area is 144 Å². The number of aromatic hydroxyl groups is 1. The van der Waals surface area contributed by atoms with E-state index in [0.717, 1.165) is 16.5 Å². The van der Waals surface area contributed by atoms with Gasteiger partial charge in [-0.15, -0.1) is 0 Å². The summed E-state index contributed by atoms with van der Waals surface area (Å²) in [4.78, 5) is 12.2. The van der Waals surface area contributed by atoms with Gasteiger partial charge < -0.3 is 15.3 Å². The Bertz CT molecular complexity index is 893. The van der Waals surface area contributed by atoms with Gasteiger partial charge in [0.1, 0.15) is 23.8 Å². The van der Waals surface area contributed by atoms with Gasteiger partial charge in [-0.1, -0.05) is 13.0 Å². The second-order valence-corrected chi connectivity index (χ2v) is 7.61. The van der Waals surface area contributed by atoms with Gasteiger partial charge in [0.05, 0.1) is 0 Å². The van der Waals surface area contributed by atoms with Gasteiger partial charge in [0.2, 0.25) is 0 Å². The van der Waals surface area contributed by atoms with Gasteiger partial charge in [0.25, 0.3) is 0 Å². The first kappa shape index (κ1) is 16.5. The number of phenolic OH excluding ortho intramolecular Hbond substituents is 1. The maximum absolute atomic E-state index is 14.7. The number of benzene rings is 2. The molecule has 3 atom stereocenters. The summed E-state index contributed by atoms with van der Waals surface area (Å²) >= 11 is 0. The van der Waals surface area contributed by atoms with E-state index in [1.165, 1.54) is 12.1 Å². The molecule has 4 nitrogen and oxygen atoms in total. The van der Waals surface area contributed by atoms with E-state index in [0.29, 0.717) is 24.6 Å². The maximum atomic E-state index is 14.7. The third-order valence-corrected chi connectivity index (χ3v) is 6.60. The molecule has 0 radical (unpaired) electrons. The number of hydrogen-bond acceptors (Lipinski definition) is 4. The van der Waals surface area contributed by atoms with Crippen LogP contribution >= 0.6 is 0 Å². The van der Waals surface area contributed by atoms with Crippen LogP contribution in [0.5, 0.6) is 5.75 Å². The second-order valence-electron chi connectivity index (χ2n) is 7.61. The first-order valence-corrected chi connectivity index (χ1v) is 8.62. The van der Waals surface area contributed by atoms with Gasteiger partial charge in [-0.25, -0.2) is 4.39 Å². The minimum atomic E-state index is -1.56. The van der Waals surface area contributed by atoms with Crippen molar-refractivity contribution in [1.82, 2.24) is 0 Å². The topological polar surface area (TPSA) is 77.8 Å². The lowest BCUT2D eigenvalue weighted by atomic mass is 9.60. The molecule has 0 amide bonds. The molecule has 2 aromatic rings. The molecule has 2 aliphatic rings. The van der Waals surface area contributed by atoms with Crippen LogP contribution in [0, 0.1) is 11.2 Å². The van der Waals surface area contributed by atoms with E-state index in [9.17, 15) is 24.5 Å². The Balaban J connectivity index is 1.91. The minimum Gasteiger partial charge on any atom is -0.508 e. The van der Waals surface area contributed by atoms with Crippen molar-refractivity contribution in [1.29, 1.82) is 0 Å². The standard InChI is InChI=1S/C20H21FO4/c1-19-6-4-13-12-3-2-11(23)8-15(12)17(21)9-14(13)16(19)5-7-20(19,25)18(24)10-22/h2-3,8-9,16,22-23,25H,4-7,10H2,1H3/t16-,19-,20-/m0/s1. The highest BCUT2D eigenvalue weighted by atomic mass is 19.1. The van der Waals surface area contributed by atoms with E-state index < -0.39 is 29.2 Å². The lowest BCUT2D eigenvalue weighted by Crippen LogP contribution is -2.53. The molecule has 25 heavy (non-hydrogen) atoms. The fourth-order valence-corrected chi connectivity index (χ4v) is 5.14. The number of aliphatic hydroxyl groups excluding tert-OH is 1. The number of rotatable bonds is 2. The van der Waals surface area contributed by atoms with E-state index in [1.54, 1.807) is 12.1 Å². The van der Waals surface area contributed by atoms with Crippen LogP contribution in [0.3, 0.4) is 0 Å². The van der Waals surface area contributed by atoms with Crippen LogP contribution in [-0.2, 0) is 11.2 Å². The largest absolute Gasteiger partial charge is 0.508 e. The summed E-state index contributed by atoms with van der Waals surface area (Å²) < 4.78 is 14.7. The fourth-order valence-electron chi connectivity index (χ4n) is 5.14. The molecule has 0 aromatic heterocycles. The average Bonchev–Trinajstić information content (AvgIpc) is 2.87. The molecule has 2 aliphatic carbocycles. The van der Waals surface area contributed by atoms with E-state index in [4.69, 9.17) is 0 Å². The monoisotopic (exact) mass is 344 g/mol. The van der Waals surface area contributed by atoms with Crippen LogP contribution in [0.2, 0.25) is 0 Å². The summed E-state index contributed by atoms with van der Waals surface area (Å²) in [7, 11) is 0. The molecule has 0 saturated heterocycles. The number of Topliss-reactive ketones (excluding diaryl/α,β-unsaturated/α-hetero) is 1. The van der Waals surface area contributed by atoms with Gasteiger partial charge >= 0.3 is 0 Å². The second kappa shape index (κ2) is 5.26. The third kappa shape index (κ3) is 2.02. The van der Waals surface area contributed by atoms with Crippen LogP contribution in [-0.4, -0.2) is 33.3 Å². The van der Waals surface area contributed by atoms with E-state index >= 15 is 0 Å². The number of fused-ring (bicyclic) bond motifs is 5. The highest BCUT2D eigenvalue weighted by molar-refractivity contribution is 5.91. The molecule has 3 N–H and O–H groups in total. The molecule has 0 bridgehead atoms. The van der Waals surface area contributed by atoms with E-state index in [-0.39, 0.29) is 18.1 Å². The maximum Gasteiger partial charge on any atom is 0.190 e. The molecule has 0 spiro atoms. The Morgan fingerprint density at radius 2 is 2.04 bits per heavy atom. The molecule has 132 valence electrons. The first-order chi connectivity index (χ1) is 11.8. The summed E-state index contributed by atoms with van der Waals surface area (Å²) in [5, 5.41) is 31.1. The number of aliphatic hydroxyl groups is 2. The Morgan fingerprint density at radius 1 is 1.28 bits per heavy atom. The fraction of sp³-hybridized carbons (Fsp3) is 0.450. The molecule has 4 rings (SSSR count). The molecule has 2 aromatic carbocycles. The van der Waals surface area contributed by atoms with Crippen LogP contribution in [0.25, 0.3) is 10.8 Å². The van der Waals surface area contributed by atoms with Gasteiger partial charge in [-0.2, -0.15) is 0 Å². The molecule has 1 fully saturated rings. The highest BCUT2D eigenvalue weighted by Gasteiger charge is 2.61. The molecule has 0 aliphatic heterocycles. The van der Waals surface area contributed by atoms with Gasteiger partial charge in [-0.3, -0.25) is 4.79 Å². The summed E-state index contributed by atoms with van der Waals surface area (Å²) in [6.45, 7) is 1.19. The minimum absolute atomic E-state index is 0.0239. The van der Waals surface area contributed by atoms with Gasteiger partial charge in [0.15, 0.2) is 5.78 Å². The Kier molecular flexibility index (Phi) is 3.47. The van der Waals surface area contributed by atoms with Crippen molar-refractivity contribution in [3.05, 3.63) is 41.2 Å². The zero-order chi connectivity index (χ0) is 18.0. The quantitative estimate of drug-likeness (QED) is 0.783. The lowest BCUT2D eigenvalue weighted by molar-refractivity contribution is -0.153. The molecular formula is C20H21FO4. The van der Waals surface area contributed by atoms with Crippen molar-refractivity contribution in [2.45, 2.75) is 44.1 Å². The summed E-state index contributed by atoms with van der Waals surface area (Å²) in [5.41, 5.74) is -0.410. The van der Waals surface area contributed by atoms with Crippen molar-refractivity contribution in [2.75, 3.05) is 6.61 Å². The number of ketones is 1. The van der Waals surface area contributed by atoms with Gasteiger partial charge in [-0.05, 0) is 66.3 Å². The van der Waals surface area contributed by atoms with Crippen LogP contribution in [0.15, 0.2) is 24.3 Å². The average molecular weight is 344 g/mol. The predicted molar refractivity (Wildman–Crippen MR) is 91.0 cm³/mol. The SMILES string of the molecule is C[C@]12CCc3c(cc(F)c4cc(O)ccc34)[C@@H]1CC[C@]2(O)C(=O)CO. The normalized spacial score (nSPS) is 31.0. The first-order valence-electron chi connectivity index (χ1n) is 8.62. The molecule has 5 heteroatoms. The summed E-state index contributed by atoms with van der Waals surface area (Å²) in [6, 6.07) is 6.21. The van der Waals surface area contributed by atoms with Crippen LogP contribution in [0.4, 0.5) is 4.39 Å². The summed E-state index contributed by atoms with van der Waals surface area (Å²) in [6.07, 6.45) is 2.07. The molecule has 0 heterocycles. The predicted octanol–water partition coefficient (Wildman–Crippen LogP) is 2.81. The van der Waals surface area contributed by atoms with E-state index in [1.807, 2.05) is 6.92 Å². The number of phenols is 1. The van der Waals surface area contributed by atoms with Crippen molar-refractivity contribution in [3.8, 4) is 5.75 Å². The summed E-state index contributed by atoms with van der Waals surface area (Å²) in [5.74, 6) is -1.06. The Morgan fingerprint density at radius 3 is 2.76 bits per heavy atom. The number of carbonyl (C=O) groups excluding carboxylic acids is 1. The molecule has 0 unspecified atom stereocenters. The number of carbonyl (C=O) groups is 1. The number of aryl methyl sites for hydroxylation is 1.